The molecule has 130 valence electrons. The summed E-state index contributed by atoms with van der Waals surface area (Å²) in [5.41, 5.74) is 1.01. The quantitative estimate of drug-likeness (QED) is 0.498. The number of aliphatic imine (C=N–C) groups is 1. The van der Waals surface area contributed by atoms with E-state index in [9.17, 15) is 4.39 Å². The van der Waals surface area contributed by atoms with Gasteiger partial charge in [-0.2, -0.15) is 0 Å². The first-order chi connectivity index (χ1) is 12.2. The molecule has 0 saturated heterocycles. The number of halogens is 1. The number of rotatable bonds is 5. The Kier molecular flexibility index (Phi) is 5.61. The van der Waals surface area contributed by atoms with Crippen molar-refractivity contribution < 1.29 is 9.13 Å². The normalized spacial score (nSPS) is 14.6. The number of aromatic nitrogens is 1. The van der Waals surface area contributed by atoms with E-state index in [1.54, 1.807) is 25.4 Å². The molecule has 1 aromatic carbocycles. The molecule has 2 aromatic rings. The summed E-state index contributed by atoms with van der Waals surface area (Å²) in [5, 5.41) is 6.68. The number of nitrogens with zero attached hydrogens (tertiary/aromatic N) is 2. The Labute approximate surface area is 146 Å². The highest BCUT2D eigenvalue weighted by molar-refractivity contribution is 5.80. The minimum atomic E-state index is -0.297. The van der Waals surface area contributed by atoms with Gasteiger partial charge in [-0.05, 0) is 48.7 Å². The Bertz CT molecular complexity index is 750. The summed E-state index contributed by atoms with van der Waals surface area (Å²) < 4.78 is 18.6. The fourth-order valence-electron chi connectivity index (χ4n) is 2.55. The molecule has 1 aliphatic carbocycles. The number of ether oxygens (including phenoxy) is 1. The predicted octanol–water partition coefficient (Wildman–Crippen LogP) is 3.40. The van der Waals surface area contributed by atoms with Gasteiger partial charge < -0.3 is 15.4 Å². The molecule has 25 heavy (non-hydrogen) atoms. The van der Waals surface area contributed by atoms with Crippen LogP contribution in [0.2, 0.25) is 0 Å². The van der Waals surface area contributed by atoms with Crippen LogP contribution in [0.1, 0.15) is 18.4 Å². The second-order valence-electron chi connectivity index (χ2n) is 5.77. The van der Waals surface area contributed by atoms with Gasteiger partial charge in [0.1, 0.15) is 11.6 Å². The minimum absolute atomic E-state index is 0.297. The topological polar surface area (TPSA) is 58.5 Å². The molecule has 0 atom stereocenters. The van der Waals surface area contributed by atoms with E-state index in [4.69, 9.17) is 4.74 Å². The summed E-state index contributed by atoms with van der Waals surface area (Å²) in [7, 11) is 1.76. The van der Waals surface area contributed by atoms with Crippen LogP contribution in [0.15, 0.2) is 59.7 Å². The van der Waals surface area contributed by atoms with E-state index in [2.05, 4.69) is 32.8 Å². The van der Waals surface area contributed by atoms with Crippen molar-refractivity contribution in [1.29, 1.82) is 0 Å². The van der Waals surface area contributed by atoms with Crippen LogP contribution in [0.5, 0.6) is 11.6 Å². The van der Waals surface area contributed by atoms with Crippen LogP contribution in [-0.2, 0) is 6.54 Å². The lowest BCUT2D eigenvalue weighted by molar-refractivity contribution is 0.460. The van der Waals surface area contributed by atoms with E-state index < -0.39 is 0 Å². The van der Waals surface area contributed by atoms with Crippen molar-refractivity contribution in [1.82, 2.24) is 15.6 Å². The van der Waals surface area contributed by atoms with E-state index in [1.807, 2.05) is 12.1 Å². The van der Waals surface area contributed by atoms with Gasteiger partial charge in [0.25, 0.3) is 0 Å². The van der Waals surface area contributed by atoms with Crippen molar-refractivity contribution in [3.63, 3.8) is 0 Å². The standard InChI is InChI=1S/C19H21FN4O/c1-21-19(24-16-4-2-3-5-16)23-13-14-10-11-22-18(12-14)25-17-8-6-15(20)7-9-17/h2-3,6-12,16H,4-5,13H2,1H3,(H2,21,23,24). The van der Waals surface area contributed by atoms with Gasteiger partial charge >= 0.3 is 0 Å². The maximum Gasteiger partial charge on any atom is 0.219 e. The minimum Gasteiger partial charge on any atom is -0.439 e. The maximum atomic E-state index is 12.9. The lowest BCUT2D eigenvalue weighted by Gasteiger charge is -2.17. The number of hydrogen-bond donors (Lipinski definition) is 2. The van der Waals surface area contributed by atoms with E-state index in [1.165, 1.54) is 12.1 Å². The van der Waals surface area contributed by atoms with Crippen molar-refractivity contribution in [3.8, 4) is 11.6 Å². The van der Waals surface area contributed by atoms with Crippen LogP contribution < -0.4 is 15.4 Å². The molecule has 0 unspecified atom stereocenters. The van der Waals surface area contributed by atoms with Crippen LogP contribution in [0.4, 0.5) is 4.39 Å². The summed E-state index contributed by atoms with van der Waals surface area (Å²) >= 11 is 0. The number of nitrogens with one attached hydrogen (secondary N) is 2. The summed E-state index contributed by atoms with van der Waals surface area (Å²) in [6.45, 7) is 0.599. The summed E-state index contributed by atoms with van der Waals surface area (Å²) in [4.78, 5) is 8.44. The fraction of sp³-hybridized carbons (Fsp3) is 0.263. The van der Waals surface area contributed by atoms with Crippen LogP contribution in [-0.4, -0.2) is 24.0 Å². The first kappa shape index (κ1) is 17.0. The third-order valence-corrected chi connectivity index (χ3v) is 3.87. The second kappa shape index (κ2) is 8.28. The second-order valence-corrected chi connectivity index (χ2v) is 5.77. The van der Waals surface area contributed by atoms with Gasteiger partial charge in [-0.1, -0.05) is 12.2 Å². The summed E-state index contributed by atoms with van der Waals surface area (Å²) in [5.74, 6) is 1.49. The van der Waals surface area contributed by atoms with Crippen molar-refractivity contribution in [2.45, 2.75) is 25.4 Å². The highest BCUT2D eigenvalue weighted by atomic mass is 19.1. The molecule has 6 heteroatoms. The molecule has 2 N–H and O–H groups in total. The van der Waals surface area contributed by atoms with Crippen LogP contribution in [0, 0.1) is 5.82 Å². The molecule has 1 aliphatic rings. The van der Waals surface area contributed by atoms with Crippen LogP contribution in [0.25, 0.3) is 0 Å². The third-order valence-electron chi connectivity index (χ3n) is 3.87. The average Bonchev–Trinajstić information content (AvgIpc) is 3.14. The van der Waals surface area contributed by atoms with Crippen LogP contribution >= 0.6 is 0 Å². The van der Waals surface area contributed by atoms with Crippen molar-refractivity contribution in [3.05, 3.63) is 66.1 Å². The SMILES string of the molecule is CN=C(NCc1ccnc(Oc2ccc(F)cc2)c1)NC1CC=CC1. The number of pyridine rings is 1. The number of hydrogen-bond acceptors (Lipinski definition) is 3. The Hall–Kier alpha value is -2.89. The molecule has 5 nitrogen and oxygen atoms in total. The molecule has 3 rings (SSSR count). The first-order valence-corrected chi connectivity index (χ1v) is 8.23. The monoisotopic (exact) mass is 340 g/mol. The van der Waals surface area contributed by atoms with Gasteiger partial charge in [0, 0.05) is 31.9 Å². The smallest absolute Gasteiger partial charge is 0.219 e. The van der Waals surface area contributed by atoms with Gasteiger partial charge in [-0.3, -0.25) is 4.99 Å². The zero-order chi connectivity index (χ0) is 17.5. The number of benzene rings is 1. The zero-order valence-corrected chi connectivity index (χ0v) is 14.1. The Morgan fingerprint density at radius 3 is 2.72 bits per heavy atom. The van der Waals surface area contributed by atoms with Gasteiger partial charge in [0.05, 0.1) is 0 Å². The summed E-state index contributed by atoms with van der Waals surface area (Å²) in [6, 6.07) is 10.0. The lowest BCUT2D eigenvalue weighted by atomic mass is 10.2. The van der Waals surface area contributed by atoms with Gasteiger partial charge in [-0.25, -0.2) is 9.37 Å². The molecule has 0 bridgehead atoms. The maximum absolute atomic E-state index is 12.9. The Morgan fingerprint density at radius 2 is 2.00 bits per heavy atom. The zero-order valence-electron chi connectivity index (χ0n) is 14.1. The molecular formula is C19H21FN4O. The highest BCUT2D eigenvalue weighted by Gasteiger charge is 2.11. The first-order valence-electron chi connectivity index (χ1n) is 8.23. The Morgan fingerprint density at radius 1 is 1.24 bits per heavy atom. The van der Waals surface area contributed by atoms with Gasteiger partial charge in [-0.15, -0.1) is 0 Å². The van der Waals surface area contributed by atoms with Crippen LogP contribution in [0.3, 0.4) is 0 Å². The molecule has 1 heterocycles. The van der Waals surface area contributed by atoms with E-state index in [0.717, 1.165) is 24.4 Å². The van der Waals surface area contributed by atoms with Crippen molar-refractivity contribution >= 4 is 5.96 Å². The molecule has 0 radical (unpaired) electrons. The number of guanidine groups is 1. The Balaban J connectivity index is 1.56. The molecule has 0 fully saturated rings. The average molecular weight is 340 g/mol. The molecule has 1 aromatic heterocycles. The van der Waals surface area contributed by atoms with E-state index in [-0.39, 0.29) is 5.82 Å². The largest absolute Gasteiger partial charge is 0.439 e. The molecular weight excluding hydrogens is 319 g/mol. The van der Waals surface area contributed by atoms with Gasteiger partial charge in [0.2, 0.25) is 5.88 Å². The third kappa shape index (κ3) is 5.04. The molecule has 0 spiro atoms. The van der Waals surface area contributed by atoms with E-state index in [0.29, 0.717) is 24.2 Å². The summed E-state index contributed by atoms with van der Waals surface area (Å²) in [6.07, 6.45) is 8.07. The van der Waals surface area contributed by atoms with Crippen molar-refractivity contribution in [2.24, 2.45) is 4.99 Å². The fourth-order valence-corrected chi connectivity index (χ4v) is 2.55. The van der Waals surface area contributed by atoms with E-state index >= 15 is 0 Å². The molecule has 0 amide bonds. The highest BCUT2D eigenvalue weighted by Crippen LogP contribution is 2.20. The van der Waals surface area contributed by atoms with Crippen molar-refractivity contribution in [2.75, 3.05) is 7.05 Å². The lowest BCUT2D eigenvalue weighted by Crippen LogP contribution is -2.42. The predicted molar refractivity (Wildman–Crippen MR) is 96.2 cm³/mol. The van der Waals surface area contributed by atoms with Gasteiger partial charge in [0.15, 0.2) is 5.96 Å². The molecule has 0 saturated carbocycles. The molecule has 0 aliphatic heterocycles.